The second-order valence-corrected chi connectivity index (χ2v) is 8.97. The van der Waals surface area contributed by atoms with Gasteiger partial charge in [0.05, 0.1) is 5.57 Å². The Kier molecular flexibility index (Phi) is 6.45. The summed E-state index contributed by atoms with van der Waals surface area (Å²) >= 11 is 0. The quantitative estimate of drug-likeness (QED) is 0.470. The van der Waals surface area contributed by atoms with Gasteiger partial charge in [0.1, 0.15) is 5.70 Å². The first kappa shape index (κ1) is 22.5. The van der Waals surface area contributed by atoms with Gasteiger partial charge in [-0.05, 0) is 60.6 Å². The van der Waals surface area contributed by atoms with E-state index in [1.54, 1.807) is 0 Å². The lowest BCUT2D eigenvalue weighted by Crippen LogP contribution is -2.34. The van der Waals surface area contributed by atoms with E-state index in [0.717, 1.165) is 27.9 Å². The van der Waals surface area contributed by atoms with E-state index in [0.29, 0.717) is 30.2 Å². The van der Waals surface area contributed by atoms with Gasteiger partial charge in [-0.25, -0.2) is 0 Å². The molecule has 1 heterocycles. The molecule has 168 valence electrons. The number of carbonyl (C=O) groups excluding carboxylic acids is 2. The molecule has 1 aliphatic rings. The molecular formula is C29H30N2O2. The molecule has 4 nitrogen and oxygen atoms in total. The van der Waals surface area contributed by atoms with Crippen molar-refractivity contribution in [2.24, 2.45) is 0 Å². The molecule has 33 heavy (non-hydrogen) atoms. The fourth-order valence-electron chi connectivity index (χ4n) is 4.22. The summed E-state index contributed by atoms with van der Waals surface area (Å²) in [5.41, 5.74) is 6.79. The topological polar surface area (TPSA) is 49.4 Å². The van der Waals surface area contributed by atoms with Gasteiger partial charge in [0.15, 0.2) is 0 Å². The van der Waals surface area contributed by atoms with E-state index in [9.17, 15) is 9.59 Å². The van der Waals surface area contributed by atoms with Crippen LogP contribution in [0.4, 0.5) is 5.69 Å². The molecule has 4 heteroatoms. The second kappa shape index (κ2) is 9.45. The summed E-state index contributed by atoms with van der Waals surface area (Å²) in [6.45, 7) is 8.64. The lowest BCUT2D eigenvalue weighted by molar-refractivity contribution is -0.136. The van der Waals surface area contributed by atoms with Crippen molar-refractivity contribution >= 4 is 23.1 Å². The molecule has 1 aliphatic heterocycles. The summed E-state index contributed by atoms with van der Waals surface area (Å²) < 4.78 is 0. The average molecular weight is 439 g/mol. The number of imide groups is 1. The molecule has 0 atom stereocenters. The molecule has 0 spiro atoms. The molecular weight excluding hydrogens is 408 g/mol. The fourth-order valence-corrected chi connectivity index (χ4v) is 4.22. The number of aryl methyl sites for hydroxylation is 2. The molecule has 4 rings (SSSR count). The lowest BCUT2D eigenvalue weighted by atomic mass is 9.97. The van der Waals surface area contributed by atoms with Gasteiger partial charge in [0, 0.05) is 12.2 Å². The number of nitrogens with one attached hydrogen (secondary N) is 1. The first-order chi connectivity index (χ1) is 15.8. The van der Waals surface area contributed by atoms with E-state index < -0.39 is 0 Å². The summed E-state index contributed by atoms with van der Waals surface area (Å²) in [6.07, 6.45) is 0.620. The predicted octanol–water partition coefficient (Wildman–Crippen LogP) is 5.86. The normalized spacial score (nSPS) is 13.9. The van der Waals surface area contributed by atoms with Gasteiger partial charge in [0.25, 0.3) is 11.8 Å². The average Bonchev–Trinajstić information content (AvgIpc) is 3.02. The van der Waals surface area contributed by atoms with Gasteiger partial charge in [-0.3, -0.25) is 14.5 Å². The van der Waals surface area contributed by atoms with Crippen LogP contribution in [0, 0.1) is 13.8 Å². The summed E-state index contributed by atoms with van der Waals surface area (Å²) in [5, 5.41) is 3.27. The standard InChI is InChI=1S/C29H30N2O2/c1-19(2)23-11-13-24(14-12-23)30-27-26(25-15-10-20(3)18-21(25)4)28(32)31(29(27)33)17-16-22-8-6-5-7-9-22/h5-15,18-19,30H,16-17H2,1-4H3. The molecule has 0 fully saturated rings. The van der Waals surface area contributed by atoms with Crippen LogP contribution in [0.3, 0.4) is 0 Å². The molecule has 0 aromatic heterocycles. The minimum absolute atomic E-state index is 0.246. The van der Waals surface area contributed by atoms with Crippen LogP contribution in [0.1, 0.15) is 47.6 Å². The van der Waals surface area contributed by atoms with E-state index in [-0.39, 0.29) is 11.8 Å². The second-order valence-electron chi connectivity index (χ2n) is 8.97. The Morgan fingerprint density at radius 2 is 1.55 bits per heavy atom. The molecule has 0 unspecified atom stereocenters. The smallest absolute Gasteiger partial charge is 0.278 e. The van der Waals surface area contributed by atoms with Crippen molar-refractivity contribution in [3.8, 4) is 0 Å². The monoisotopic (exact) mass is 438 g/mol. The summed E-state index contributed by atoms with van der Waals surface area (Å²) in [7, 11) is 0. The Balaban J connectivity index is 1.69. The predicted molar refractivity (Wildman–Crippen MR) is 134 cm³/mol. The highest BCUT2D eigenvalue weighted by Crippen LogP contribution is 2.33. The summed E-state index contributed by atoms with van der Waals surface area (Å²) in [6, 6.07) is 23.9. The third kappa shape index (κ3) is 4.75. The van der Waals surface area contributed by atoms with Crippen LogP contribution in [-0.2, 0) is 16.0 Å². The van der Waals surface area contributed by atoms with Gasteiger partial charge in [-0.2, -0.15) is 0 Å². The zero-order valence-electron chi connectivity index (χ0n) is 19.7. The fraction of sp³-hybridized carbons (Fsp3) is 0.241. The Morgan fingerprint density at radius 3 is 2.18 bits per heavy atom. The van der Waals surface area contributed by atoms with Crippen LogP contribution in [0.5, 0.6) is 0 Å². The Morgan fingerprint density at radius 1 is 0.848 bits per heavy atom. The molecule has 0 saturated heterocycles. The lowest BCUT2D eigenvalue weighted by Gasteiger charge is -2.15. The molecule has 0 saturated carbocycles. The van der Waals surface area contributed by atoms with Crippen molar-refractivity contribution in [3.63, 3.8) is 0 Å². The summed E-state index contributed by atoms with van der Waals surface area (Å²) in [5.74, 6) is -0.102. The van der Waals surface area contributed by atoms with Crippen molar-refractivity contribution in [2.45, 2.75) is 40.0 Å². The first-order valence-electron chi connectivity index (χ1n) is 11.4. The van der Waals surface area contributed by atoms with Crippen LogP contribution in [0.15, 0.2) is 78.5 Å². The van der Waals surface area contributed by atoms with Crippen molar-refractivity contribution in [2.75, 3.05) is 11.9 Å². The maximum Gasteiger partial charge on any atom is 0.278 e. The van der Waals surface area contributed by atoms with Crippen LogP contribution >= 0.6 is 0 Å². The minimum atomic E-state index is -0.279. The van der Waals surface area contributed by atoms with Crippen molar-refractivity contribution in [3.05, 3.63) is 106 Å². The van der Waals surface area contributed by atoms with E-state index >= 15 is 0 Å². The van der Waals surface area contributed by atoms with Gasteiger partial charge >= 0.3 is 0 Å². The zero-order chi connectivity index (χ0) is 23.5. The zero-order valence-corrected chi connectivity index (χ0v) is 19.7. The molecule has 0 bridgehead atoms. The van der Waals surface area contributed by atoms with Gasteiger partial charge in [-0.1, -0.05) is 80.1 Å². The van der Waals surface area contributed by atoms with Crippen LogP contribution in [0.25, 0.3) is 5.57 Å². The molecule has 3 aromatic carbocycles. The largest absolute Gasteiger partial charge is 0.350 e. The molecule has 0 radical (unpaired) electrons. The molecule has 1 N–H and O–H groups in total. The van der Waals surface area contributed by atoms with Crippen LogP contribution in [-0.4, -0.2) is 23.3 Å². The SMILES string of the molecule is Cc1ccc(C2=C(Nc3ccc(C(C)C)cc3)C(=O)N(CCc3ccccc3)C2=O)c(C)c1. The number of hydrogen-bond donors (Lipinski definition) is 1. The van der Waals surface area contributed by atoms with E-state index in [1.807, 2.05) is 74.5 Å². The highest BCUT2D eigenvalue weighted by molar-refractivity contribution is 6.36. The third-order valence-electron chi connectivity index (χ3n) is 6.13. The molecule has 3 aromatic rings. The maximum atomic E-state index is 13.5. The number of rotatable bonds is 7. The van der Waals surface area contributed by atoms with E-state index in [2.05, 4.69) is 31.3 Å². The van der Waals surface area contributed by atoms with E-state index in [1.165, 1.54) is 10.5 Å². The number of carbonyl (C=O) groups is 2. The molecule has 2 amide bonds. The van der Waals surface area contributed by atoms with Gasteiger partial charge in [-0.15, -0.1) is 0 Å². The highest BCUT2D eigenvalue weighted by Gasteiger charge is 2.39. The number of amides is 2. The van der Waals surface area contributed by atoms with Crippen molar-refractivity contribution in [1.29, 1.82) is 0 Å². The van der Waals surface area contributed by atoms with Crippen LogP contribution < -0.4 is 5.32 Å². The number of hydrogen-bond acceptors (Lipinski definition) is 3. The Labute approximate surface area is 195 Å². The van der Waals surface area contributed by atoms with Crippen molar-refractivity contribution in [1.82, 2.24) is 4.90 Å². The van der Waals surface area contributed by atoms with Gasteiger partial charge < -0.3 is 5.32 Å². The minimum Gasteiger partial charge on any atom is -0.350 e. The number of benzene rings is 3. The molecule has 0 aliphatic carbocycles. The first-order valence-corrected chi connectivity index (χ1v) is 11.4. The number of anilines is 1. The van der Waals surface area contributed by atoms with E-state index in [4.69, 9.17) is 0 Å². The third-order valence-corrected chi connectivity index (χ3v) is 6.13. The Bertz CT molecular complexity index is 1210. The van der Waals surface area contributed by atoms with Crippen molar-refractivity contribution < 1.29 is 9.59 Å². The van der Waals surface area contributed by atoms with Gasteiger partial charge in [0.2, 0.25) is 0 Å². The summed E-state index contributed by atoms with van der Waals surface area (Å²) in [4.78, 5) is 28.4. The maximum absolute atomic E-state index is 13.5. The number of nitrogens with zero attached hydrogens (tertiary/aromatic N) is 1. The highest BCUT2D eigenvalue weighted by atomic mass is 16.2. The van der Waals surface area contributed by atoms with Crippen LogP contribution in [0.2, 0.25) is 0 Å². The Hall–Kier alpha value is -3.66.